The second-order valence-electron chi connectivity index (χ2n) is 4.46. The smallest absolute Gasteiger partial charge is 0.341 e. The number of hydrogen-bond acceptors (Lipinski definition) is 4. The zero-order chi connectivity index (χ0) is 14.5. The average molecular weight is 271 g/mol. The molecule has 0 amide bonds. The number of hydrogen-bond donors (Lipinski definition) is 1. The molecule has 0 aliphatic carbocycles. The molecular formula is C16H17NO3. The number of methoxy groups -OCH3 is 1. The summed E-state index contributed by atoms with van der Waals surface area (Å²) in [5, 5.41) is 0. The largest absolute Gasteiger partial charge is 0.488 e. The van der Waals surface area contributed by atoms with E-state index in [4.69, 9.17) is 15.2 Å². The van der Waals surface area contributed by atoms with Gasteiger partial charge in [-0.2, -0.15) is 0 Å². The predicted octanol–water partition coefficient (Wildman–Crippen LogP) is 2.94. The Hall–Kier alpha value is -2.49. The topological polar surface area (TPSA) is 61.5 Å². The lowest BCUT2D eigenvalue weighted by atomic mass is 10.1. The lowest BCUT2D eigenvalue weighted by Crippen LogP contribution is -2.07. The zero-order valence-corrected chi connectivity index (χ0v) is 11.6. The summed E-state index contributed by atoms with van der Waals surface area (Å²) in [4.78, 5) is 11.7. The minimum Gasteiger partial charge on any atom is -0.488 e. The molecule has 0 saturated heterocycles. The van der Waals surface area contributed by atoms with Crippen molar-refractivity contribution < 1.29 is 14.3 Å². The number of aryl methyl sites for hydroxylation is 1. The monoisotopic (exact) mass is 271 g/mol. The van der Waals surface area contributed by atoms with Crippen LogP contribution in [0.5, 0.6) is 5.75 Å². The van der Waals surface area contributed by atoms with E-state index in [1.54, 1.807) is 18.2 Å². The highest BCUT2D eigenvalue weighted by atomic mass is 16.5. The van der Waals surface area contributed by atoms with Crippen LogP contribution in [0.15, 0.2) is 42.5 Å². The van der Waals surface area contributed by atoms with E-state index in [9.17, 15) is 4.79 Å². The Morgan fingerprint density at radius 1 is 1.20 bits per heavy atom. The highest BCUT2D eigenvalue weighted by Crippen LogP contribution is 2.23. The van der Waals surface area contributed by atoms with Gasteiger partial charge < -0.3 is 15.2 Å². The summed E-state index contributed by atoms with van der Waals surface area (Å²) >= 11 is 0. The first kappa shape index (κ1) is 13.9. The molecule has 0 aliphatic heterocycles. The number of carbonyl (C=O) groups is 1. The fourth-order valence-electron chi connectivity index (χ4n) is 1.87. The first-order valence-corrected chi connectivity index (χ1v) is 6.27. The van der Waals surface area contributed by atoms with Gasteiger partial charge in [0.25, 0.3) is 0 Å². The minimum atomic E-state index is -0.461. The molecule has 20 heavy (non-hydrogen) atoms. The summed E-state index contributed by atoms with van der Waals surface area (Å²) in [5.74, 6) is 0.00591. The minimum absolute atomic E-state index is 0.334. The number of carbonyl (C=O) groups excluding carboxylic acids is 1. The second-order valence-corrected chi connectivity index (χ2v) is 4.46. The maximum Gasteiger partial charge on any atom is 0.341 e. The van der Waals surface area contributed by atoms with Gasteiger partial charge in [0.2, 0.25) is 0 Å². The molecule has 0 radical (unpaired) electrons. The van der Waals surface area contributed by atoms with E-state index in [0.29, 0.717) is 23.6 Å². The van der Waals surface area contributed by atoms with Crippen LogP contribution in [-0.2, 0) is 11.3 Å². The highest BCUT2D eigenvalue weighted by molar-refractivity contribution is 5.93. The summed E-state index contributed by atoms with van der Waals surface area (Å²) in [6.45, 7) is 2.41. The maximum atomic E-state index is 11.7. The van der Waals surface area contributed by atoms with Crippen molar-refractivity contribution in [1.29, 1.82) is 0 Å². The van der Waals surface area contributed by atoms with Crippen molar-refractivity contribution in [3.05, 3.63) is 59.2 Å². The molecule has 2 rings (SSSR count). The van der Waals surface area contributed by atoms with Gasteiger partial charge in [-0.3, -0.25) is 0 Å². The Morgan fingerprint density at radius 3 is 2.65 bits per heavy atom. The lowest BCUT2D eigenvalue weighted by molar-refractivity contribution is 0.0595. The number of nitrogens with two attached hydrogens (primary N) is 1. The molecule has 2 N–H and O–H groups in total. The van der Waals surface area contributed by atoms with Gasteiger partial charge in [-0.05, 0) is 36.2 Å². The molecule has 4 heteroatoms. The Labute approximate surface area is 118 Å². The molecule has 0 bridgehead atoms. The Morgan fingerprint density at radius 2 is 1.95 bits per heavy atom. The van der Waals surface area contributed by atoms with E-state index in [-0.39, 0.29) is 0 Å². The van der Waals surface area contributed by atoms with Gasteiger partial charge in [0.1, 0.15) is 17.9 Å². The number of anilines is 1. The zero-order valence-electron chi connectivity index (χ0n) is 11.6. The molecule has 0 fully saturated rings. The number of esters is 1. The summed E-state index contributed by atoms with van der Waals surface area (Å²) in [7, 11) is 1.33. The van der Waals surface area contributed by atoms with Crippen LogP contribution in [0.1, 0.15) is 21.5 Å². The van der Waals surface area contributed by atoms with Crippen LogP contribution in [0.25, 0.3) is 0 Å². The van der Waals surface area contributed by atoms with E-state index in [1.807, 2.05) is 31.2 Å². The Kier molecular flexibility index (Phi) is 4.25. The molecule has 0 unspecified atom stereocenters. The molecule has 0 spiro atoms. The molecule has 0 aliphatic rings. The number of nitrogen functional groups attached to an aromatic ring is 1. The van der Waals surface area contributed by atoms with Crippen molar-refractivity contribution in [3.8, 4) is 5.75 Å². The Bertz CT molecular complexity index is 623. The maximum absolute atomic E-state index is 11.7. The van der Waals surface area contributed by atoms with Crippen LogP contribution in [0.4, 0.5) is 5.69 Å². The van der Waals surface area contributed by atoms with Gasteiger partial charge >= 0.3 is 5.97 Å². The first-order chi connectivity index (χ1) is 9.61. The van der Waals surface area contributed by atoms with Gasteiger partial charge in [-0.15, -0.1) is 0 Å². The first-order valence-electron chi connectivity index (χ1n) is 6.27. The van der Waals surface area contributed by atoms with Gasteiger partial charge in [0, 0.05) is 5.69 Å². The standard InChI is InChI=1S/C16H17NO3/c1-11-5-3-4-6-12(11)10-20-15-8-7-13(17)9-14(15)16(18)19-2/h3-9H,10,17H2,1-2H3. The van der Waals surface area contributed by atoms with Crippen LogP contribution >= 0.6 is 0 Å². The van der Waals surface area contributed by atoms with Crippen molar-refractivity contribution in [1.82, 2.24) is 0 Å². The fraction of sp³-hybridized carbons (Fsp3) is 0.188. The van der Waals surface area contributed by atoms with Crippen molar-refractivity contribution in [2.24, 2.45) is 0 Å². The summed E-state index contributed by atoms with van der Waals surface area (Å²) < 4.78 is 10.5. The van der Waals surface area contributed by atoms with E-state index in [1.165, 1.54) is 7.11 Å². The van der Waals surface area contributed by atoms with Crippen molar-refractivity contribution >= 4 is 11.7 Å². The highest BCUT2D eigenvalue weighted by Gasteiger charge is 2.13. The van der Waals surface area contributed by atoms with Gasteiger partial charge in [-0.25, -0.2) is 4.79 Å². The number of rotatable bonds is 4. The summed E-state index contributed by atoms with van der Waals surface area (Å²) in [6.07, 6.45) is 0. The van der Waals surface area contributed by atoms with E-state index < -0.39 is 5.97 Å². The molecule has 0 atom stereocenters. The summed E-state index contributed by atoms with van der Waals surface area (Å²) in [5.41, 5.74) is 8.73. The van der Waals surface area contributed by atoms with Gasteiger partial charge in [0.05, 0.1) is 7.11 Å². The van der Waals surface area contributed by atoms with Crippen LogP contribution in [-0.4, -0.2) is 13.1 Å². The van der Waals surface area contributed by atoms with Crippen LogP contribution in [0.2, 0.25) is 0 Å². The second kappa shape index (κ2) is 6.10. The third-order valence-electron chi connectivity index (χ3n) is 3.05. The molecule has 0 saturated carbocycles. The van der Waals surface area contributed by atoms with Crippen LogP contribution in [0.3, 0.4) is 0 Å². The molecule has 2 aromatic carbocycles. The molecule has 2 aromatic rings. The lowest BCUT2D eigenvalue weighted by Gasteiger charge is -2.12. The number of ether oxygens (including phenoxy) is 2. The Balaban J connectivity index is 2.21. The third-order valence-corrected chi connectivity index (χ3v) is 3.05. The van der Waals surface area contributed by atoms with E-state index in [0.717, 1.165) is 11.1 Å². The molecule has 0 heterocycles. The van der Waals surface area contributed by atoms with Gasteiger partial charge in [0.15, 0.2) is 0 Å². The third kappa shape index (κ3) is 3.09. The number of benzene rings is 2. The summed E-state index contributed by atoms with van der Waals surface area (Å²) in [6, 6.07) is 12.9. The van der Waals surface area contributed by atoms with Crippen LogP contribution in [0, 0.1) is 6.92 Å². The van der Waals surface area contributed by atoms with Crippen molar-refractivity contribution in [2.45, 2.75) is 13.5 Å². The van der Waals surface area contributed by atoms with Crippen molar-refractivity contribution in [3.63, 3.8) is 0 Å². The molecule has 4 nitrogen and oxygen atoms in total. The average Bonchev–Trinajstić information content (AvgIpc) is 2.46. The van der Waals surface area contributed by atoms with Gasteiger partial charge in [-0.1, -0.05) is 24.3 Å². The molecule has 104 valence electrons. The van der Waals surface area contributed by atoms with Crippen molar-refractivity contribution in [2.75, 3.05) is 12.8 Å². The fourth-order valence-corrected chi connectivity index (χ4v) is 1.87. The SMILES string of the molecule is COC(=O)c1cc(N)ccc1OCc1ccccc1C. The normalized spacial score (nSPS) is 10.1. The quantitative estimate of drug-likeness (QED) is 0.686. The van der Waals surface area contributed by atoms with Crippen LogP contribution < -0.4 is 10.5 Å². The molecule has 0 aromatic heterocycles. The van der Waals surface area contributed by atoms with E-state index >= 15 is 0 Å². The predicted molar refractivity (Wildman–Crippen MR) is 77.7 cm³/mol. The van der Waals surface area contributed by atoms with E-state index in [2.05, 4.69) is 0 Å². The molecular weight excluding hydrogens is 254 g/mol.